The number of rotatable bonds is 1. The molecule has 1 heterocycles. The normalized spacial score (nSPS) is 7.42. The Bertz CT molecular complexity index is 152. The molecule has 0 aliphatic carbocycles. The first kappa shape index (κ1) is 17.1. The Labute approximate surface area is 82.6 Å². The van der Waals surface area contributed by atoms with Gasteiger partial charge in [0, 0.05) is 26.5 Å². The van der Waals surface area contributed by atoms with E-state index in [4.69, 9.17) is 0 Å². The van der Waals surface area contributed by atoms with E-state index >= 15 is 0 Å². The van der Waals surface area contributed by atoms with Crippen molar-refractivity contribution in [3.8, 4) is 0 Å². The van der Waals surface area contributed by atoms with Crippen LogP contribution < -0.4 is 0 Å². The SMILES string of the molecule is CC.CC(C)n1[c-]c[c-]n1.[Re].[Rf]. The van der Waals surface area contributed by atoms with Crippen LogP contribution in [0, 0.1) is 12.4 Å². The minimum absolute atomic E-state index is 0. The Morgan fingerprint density at radius 1 is 1.33 bits per heavy atom. The van der Waals surface area contributed by atoms with Gasteiger partial charge in [-0.1, -0.05) is 13.8 Å². The molecule has 0 bridgehead atoms. The molecule has 0 aliphatic rings. The fourth-order valence-corrected chi connectivity index (χ4v) is 0.479. The van der Waals surface area contributed by atoms with Crippen LogP contribution in [0.3, 0.4) is 0 Å². The third-order valence-corrected chi connectivity index (χ3v) is 0.916. The number of nitrogens with zero attached hydrogens (tertiary/aromatic N) is 2. The zero-order valence-electron chi connectivity index (χ0n) is 8.13. The predicted octanol–water partition coefficient (Wildman–Crippen LogP) is 2.09. The average molecular weight is 591 g/mol. The Balaban J connectivity index is -0.000000189. The van der Waals surface area contributed by atoms with Crippen LogP contribution in [0.25, 0.3) is 0 Å². The minimum Gasteiger partial charge on any atom is -0.482 e. The van der Waals surface area contributed by atoms with Crippen LogP contribution in [0.2, 0.25) is 0 Å². The van der Waals surface area contributed by atoms with Crippen molar-refractivity contribution < 1.29 is 20.4 Å². The summed E-state index contributed by atoms with van der Waals surface area (Å²) in [4.78, 5) is 0. The fraction of sp³-hybridized carbons (Fsp3) is 0.625. The third kappa shape index (κ3) is 5.64. The largest absolute Gasteiger partial charge is 0.482 e. The Hall–Kier alpha value is -1.13. The van der Waals surface area contributed by atoms with E-state index in [1.54, 1.807) is 10.7 Å². The number of hydrogen-bond donors (Lipinski definition) is 0. The van der Waals surface area contributed by atoms with E-state index in [2.05, 4.69) is 31.3 Å². The van der Waals surface area contributed by atoms with E-state index < -0.39 is 0 Å². The van der Waals surface area contributed by atoms with E-state index in [1.807, 2.05) is 13.8 Å². The van der Waals surface area contributed by atoms with Crippen LogP contribution in [0.1, 0.15) is 33.7 Å². The molecule has 0 unspecified atom stereocenters. The molecule has 4 heteroatoms. The maximum Gasteiger partial charge on any atom is 0.00728 e. The summed E-state index contributed by atoms with van der Waals surface area (Å²) < 4.78 is 1.74. The number of aromatic nitrogens is 2. The Morgan fingerprint density at radius 3 is 2.00 bits per heavy atom. The molecule has 0 saturated carbocycles. The minimum atomic E-state index is 0. The zero-order chi connectivity index (χ0) is 7.98. The first-order chi connectivity index (χ1) is 4.80. The van der Waals surface area contributed by atoms with E-state index in [1.165, 1.54) is 0 Å². The summed E-state index contributed by atoms with van der Waals surface area (Å²) in [6.07, 6.45) is 5.56. The van der Waals surface area contributed by atoms with Crippen LogP contribution in [-0.2, 0) is 20.4 Å². The quantitative estimate of drug-likeness (QED) is 0.458. The summed E-state index contributed by atoms with van der Waals surface area (Å²) in [7, 11) is 0. The molecule has 0 fully saturated rings. The maximum absolute atomic E-state index is 3.85. The summed E-state index contributed by atoms with van der Waals surface area (Å²) in [6.45, 7) is 8.11. The molecule has 0 amide bonds. The van der Waals surface area contributed by atoms with Gasteiger partial charge in [0.2, 0.25) is 0 Å². The molecule has 0 atom stereocenters. The maximum atomic E-state index is 3.85. The van der Waals surface area contributed by atoms with Crippen LogP contribution in [-0.4, -0.2) is 9.78 Å². The molecule has 67 valence electrons. The second kappa shape index (κ2) is 9.87. The van der Waals surface area contributed by atoms with Crippen molar-refractivity contribution in [2.75, 3.05) is 0 Å². The van der Waals surface area contributed by atoms with Gasteiger partial charge in [-0.25, -0.2) is 0 Å². The topological polar surface area (TPSA) is 17.8 Å². The predicted molar refractivity (Wildman–Crippen MR) is 41.6 cm³/mol. The second-order valence-electron chi connectivity index (χ2n) is 1.94. The third-order valence-electron chi connectivity index (χ3n) is 0.916. The first-order valence-corrected chi connectivity index (χ1v) is 3.64. The van der Waals surface area contributed by atoms with Crippen LogP contribution in [0.4, 0.5) is 0 Å². The van der Waals surface area contributed by atoms with Crippen LogP contribution >= 0.6 is 0 Å². The van der Waals surface area contributed by atoms with Crippen LogP contribution in [0.5, 0.6) is 0 Å². The van der Waals surface area contributed by atoms with Crippen LogP contribution in [0.15, 0.2) is 6.07 Å². The Kier molecular flexibility index (Phi) is 14.1. The molecule has 1 aromatic heterocycles. The monoisotopic (exact) mass is 592 g/mol. The molecule has 12 heavy (non-hydrogen) atoms. The van der Waals surface area contributed by atoms with Gasteiger partial charge in [0.1, 0.15) is 0 Å². The van der Waals surface area contributed by atoms with Gasteiger partial charge < -0.3 is 28.2 Å². The molecule has 1 aromatic rings. The van der Waals surface area contributed by atoms with Crippen molar-refractivity contribution in [1.82, 2.24) is 9.78 Å². The summed E-state index contributed by atoms with van der Waals surface area (Å²) in [5.74, 6) is 0. The van der Waals surface area contributed by atoms with Gasteiger partial charge in [-0.3, -0.25) is 0 Å². The molecule has 1 radical (unpaired) electrons. The molecule has 0 aliphatic heterocycles. The fourth-order valence-electron chi connectivity index (χ4n) is 0.479. The van der Waals surface area contributed by atoms with Crippen molar-refractivity contribution in [2.24, 2.45) is 0 Å². The molecule has 0 saturated heterocycles. The molecule has 0 spiro atoms. The summed E-state index contributed by atoms with van der Waals surface area (Å²) >= 11 is 0. The zero-order valence-corrected chi connectivity index (χ0v) is 17.2. The average Bonchev–Trinajstić information content (AvgIpc) is 2.42. The van der Waals surface area contributed by atoms with Crippen molar-refractivity contribution in [1.29, 1.82) is 0 Å². The van der Waals surface area contributed by atoms with Crippen molar-refractivity contribution in [3.63, 3.8) is 0 Å². The summed E-state index contributed by atoms with van der Waals surface area (Å²) in [5.41, 5.74) is 0. The molecule has 0 N–H and O–H groups in total. The van der Waals surface area contributed by atoms with Gasteiger partial charge in [0.15, 0.2) is 0 Å². The molecule has 1 rings (SSSR count). The smallest absolute Gasteiger partial charge is 0.00728 e. The Morgan fingerprint density at radius 2 is 1.83 bits per heavy atom. The standard InChI is InChI=1S/C6H8N2.C2H6.Re.Rf/c1-6(2)8-5-3-4-7-8;1-2;;/h3,6H,1-2H3;1-2H3;;/q-2;;;. The van der Waals surface area contributed by atoms with Gasteiger partial charge in [-0.2, -0.15) is 0 Å². The number of hydrogen-bond acceptors (Lipinski definition) is 1. The van der Waals surface area contributed by atoms with Gasteiger partial charge in [0.25, 0.3) is 0 Å². The van der Waals surface area contributed by atoms with Gasteiger partial charge in [0.05, 0.1) is 0 Å². The molecule has 0 aromatic carbocycles. The summed E-state index contributed by atoms with van der Waals surface area (Å²) in [5, 5.41) is 3.85. The van der Waals surface area contributed by atoms with Crippen molar-refractivity contribution in [3.05, 3.63) is 18.5 Å². The molecular formula is C8H14N2ReRf-2. The van der Waals surface area contributed by atoms with E-state index in [9.17, 15) is 0 Å². The second-order valence-corrected chi connectivity index (χ2v) is 1.94. The van der Waals surface area contributed by atoms with Crippen molar-refractivity contribution in [2.45, 2.75) is 33.7 Å². The van der Waals surface area contributed by atoms with Gasteiger partial charge >= 0.3 is 0 Å². The molecular weight excluding hydrogens is 577 g/mol. The van der Waals surface area contributed by atoms with Gasteiger partial charge in [-0.15, -0.1) is 0 Å². The van der Waals surface area contributed by atoms with E-state index in [-0.39, 0.29) is 20.4 Å². The summed E-state index contributed by atoms with van der Waals surface area (Å²) in [6, 6.07) is 2.08. The van der Waals surface area contributed by atoms with Crippen molar-refractivity contribution >= 4 is 0 Å². The first-order valence-electron chi connectivity index (χ1n) is 3.64. The molecule has 2 nitrogen and oxygen atoms in total. The van der Waals surface area contributed by atoms with Gasteiger partial charge in [-0.05, 0) is 13.8 Å². The van der Waals surface area contributed by atoms with E-state index in [0.29, 0.717) is 6.04 Å². The van der Waals surface area contributed by atoms with E-state index in [0.717, 1.165) is 0 Å².